The molecule has 0 aliphatic rings. The van der Waals surface area contributed by atoms with Gasteiger partial charge < -0.3 is 11.1 Å². The van der Waals surface area contributed by atoms with Crippen molar-refractivity contribution in [2.45, 2.75) is 6.54 Å². The molecule has 0 bridgehead atoms. The number of hydrogen-bond acceptors (Lipinski definition) is 1. The first-order chi connectivity index (χ1) is 6.17. The van der Waals surface area contributed by atoms with E-state index in [4.69, 9.17) is 17.3 Å². The second-order valence-electron chi connectivity index (χ2n) is 2.60. The smallest absolute Gasteiger partial charge is 0.251 e. The molecule has 0 unspecified atom stereocenters. The molecule has 0 radical (unpaired) electrons. The van der Waals surface area contributed by atoms with Crippen LogP contribution in [0, 0.1) is 0 Å². The van der Waals surface area contributed by atoms with Crippen LogP contribution >= 0.6 is 11.6 Å². The maximum Gasteiger partial charge on any atom is 0.251 e. The van der Waals surface area contributed by atoms with Crippen LogP contribution in [0.4, 0.5) is 0 Å². The van der Waals surface area contributed by atoms with Crippen molar-refractivity contribution >= 4 is 17.5 Å². The molecule has 0 aliphatic carbocycles. The number of carbonyl (C=O) groups is 1. The molecule has 5 heteroatoms. The molecule has 0 heterocycles. The van der Waals surface area contributed by atoms with Crippen molar-refractivity contribution in [1.82, 2.24) is 5.32 Å². The average Bonchev–Trinajstić information content (AvgIpc) is 2.15. The van der Waals surface area contributed by atoms with Crippen molar-refractivity contribution in [3.05, 3.63) is 40.1 Å². The molecule has 3 nitrogen and oxygen atoms in total. The van der Waals surface area contributed by atoms with Gasteiger partial charge in [-0.15, -0.1) is 6.54 Å². The molecule has 0 spiro atoms. The van der Waals surface area contributed by atoms with E-state index < -0.39 is 0 Å². The van der Waals surface area contributed by atoms with E-state index in [1.165, 1.54) is 0 Å². The molecular formula is C9H10ClN2NiO-. The third-order valence-corrected chi connectivity index (χ3v) is 1.87. The molecule has 0 atom stereocenters. The molecule has 80 valence electrons. The van der Waals surface area contributed by atoms with Gasteiger partial charge in [0.1, 0.15) is 0 Å². The minimum Gasteiger partial charge on any atom is -0.674 e. The van der Waals surface area contributed by atoms with Crippen LogP contribution in [0.2, 0.25) is 5.02 Å². The van der Waals surface area contributed by atoms with Crippen molar-refractivity contribution in [1.29, 1.82) is 0 Å². The van der Waals surface area contributed by atoms with Crippen LogP contribution in [0.15, 0.2) is 18.2 Å². The predicted octanol–water partition coefficient (Wildman–Crippen LogP) is 2.25. The zero-order chi connectivity index (χ0) is 9.84. The Morgan fingerprint density at radius 3 is 2.64 bits per heavy atom. The Kier molecular flexibility index (Phi) is 5.78. The van der Waals surface area contributed by atoms with Gasteiger partial charge in [-0.25, -0.2) is 0 Å². The summed E-state index contributed by atoms with van der Waals surface area (Å²) in [6.07, 6.45) is 0. The summed E-state index contributed by atoms with van der Waals surface area (Å²) in [5.74, 6) is -0.183. The van der Waals surface area contributed by atoms with Gasteiger partial charge in [-0.2, -0.15) is 0 Å². The molecule has 1 aromatic carbocycles. The molecule has 2 N–H and O–H groups in total. The minimum atomic E-state index is -0.183. The van der Waals surface area contributed by atoms with Crippen LogP contribution in [-0.4, -0.2) is 13.0 Å². The van der Waals surface area contributed by atoms with E-state index in [9.17, 15) is 4.79 Å². The van der Waals surface area contributed by atoms with Crippen molar-refractivity contribution in [3.63, 3.8) is 0 Å². The van der Waals surface area contributed by atoms with Crippen LogP contribution < -0.4 is 5.32 Å². The summed E-state index contributed by atoms with van der Waals surface area (Å²) < 4.78 is 0. The zero-order valence-corrected chi connectivity index (χ0v) is 9.29. The van der Waals surface area contributed by atoms with Crippen LogP contribution in [0.1, 0.15) is 15.9 Å². The number of rotatable bonds is 2. The summed E-state index contributed by atoms with van der Waals surface area (Å²) in [5.41, 5.74) is 8.38. The van der Waals surface area contributed by atoms with Crippen LogP contribution in [-0.2, 0) is 23.0 Å². The number of halogens is 1. The second-order valence-corrected chi connectivity index (χ2v) is 3.04. The van der Waals surface area contributed by atoms with E-state index in [1.807, 2.05) is 0 Å². The van der Waals surface area contributed by atoms with Gasteiger partial charge in [0.15, 0.2) is 0 Å². The Labute approximate surface area is 97.9 Å². The molecule has 0 saturated carbocycles. The SMILES string of the molecule is CNC(=O)c1cc(Cl)cc(C[NH-])c1.[Ni]. The second kappa shape index (κ2) is 6.02. The van der Waals surface area contributed by atoms with E-state index >= 15 is 0 Å². The summed E-state index contributed by atoms with van der Waals surface area (Å²) in [6.45, 7) is 0.130. The Morgan fingerprint density at radius 2 is 2.14 bits per heavy atom. The summed E-state index contributed by atoms with van der Waals surface area (Å²) >= 11 is 5.77. The molecule has 0 aromatic heterocycles. The normalized spacial score (nSPS) is 9.07. The van der Waals surface area contributed by atoms with Crippen molar-refractivity contribution in [2.24, 2.45) is 0 Å². The molecule has 1 aromatic rings. The van der Waals surface area contributed by atoms with Crippen LogP contribution in [0.25, 0.3) is 5.73 Å². The van der Waals surface area contributed by atoms with Crippen LogP contribution in [0.5, 0.6) is 0 Å². The van der Waals surface area contributed by atoms with Gasteiger partial charge in [-0.05, 0) is 18.2 Å². The fourth-order valence-corrected chi connectivity index (χ4v) is 1.29. The third-order valence-electron chi connectivity index (χ3n) is 1.65. The number of amides is 1. The summed E-state index contributed by atoms with van der Waals surface area (Å²) in [4.78, 5) is 11.2. The van der Waals surface area contributed by atoms with Gasteiger partial charge in [-0.3, -0.25) is 4.79 Å². The first-order valence-electron chi connectivity index (χ1n) is 3.83. The standard InChI is InChI=1S/C9H10ClN2O.Ni/c1-12-9(13)7-2-6(5-11)3-8(10)4-7;/h2-4,11H,5H2,1H3,(H,12,13);/q-1;. The maximum absolute atomic E-state index is 11.2. The molecule has 0 aliphatic heterocycles. The van der Waals surface area contributed by atoms with Crippen molar-refractivity contribution < 1.29 is 21.3 Å². The number of carbonyl (C=O) groups excluding carboxylic acids is 1. The predicted molar refractivity (Wildman–Crippen MR) is 52.9 cm³/mol. The summed E-state index contributed by atoms with van der Waals surface area (Å²) in [6, 6.07) is 4.93. The minimum absolute atomic E-state index is 0. The Morgan fingerprint density at radius 1 is 1.50 bits per heavy atom. The average molecular weight is 256 g/mol. The zero-order valence-electron chi connectivity index (χ0n) is 7.54. The molecular weight excluding hydrogens is 246 g/mol. The van der Waals surface area contributed by atoms with E-state index in [-0.39, 0.29) is 28.9 Å². The van der Waals surface area contributed by atoms with Crippen LogP contribution in [0.3, 0.4) is 0 Å². The van der Waals surface area contributed by atoms with Crippen molar-refractivity contribution in [3.8, 4) is 0 Å². The largest absolute Gasteiger partial charge is 0.674 e. The van der Waals surface area contributed by atoms with Gasteiger partial charge in [-0.1, -0.05) is 17.2 Å². The molecule has 14 heavy (non-hydrogen) atoms. The summed E-state index contributed by atoms with van der Waals surface area (Å²) in [5, 5.41) is 2.99. The first-order valence-corrected chi connectivity index (χ1v) is 4.21. The number of nitrogens with one attached hydrogen (secondary N) is 2. The maximum atomic E-state index is 11.2. The Bertz CT molecular complexity index is 331. The van der Waals surface area contributed by atoms with E-state index in [2.05, 4.69) is 5.32 Å². The Hall–Kier alpha value is -0.566. The third kappa shape index (κ3) is 3.30. The molecule has 1 amide bonds. The van der Waals surface area contributed by atoms with Gasteiger partial charge in [0.2, 0.25) is 0 Å². The molecule has 0 saturated heterocycles. The first kappa shape index (κ1) is 13.4. The number of hydrogen-bond donors (Lipinski definition) is 1. The quantitative estimate of drug-likeness (QED) is 0.811. The monoisotopic (exact) mass is 255 g/mol. The van der Waals surface area contributed by atoms with E-state index in [0.717, 1.165) is 5.56 Å². The van der Waals surface area contributed by atoms with Crippen molar-refractivity contribution in [2.75, 3.05) is 7.05 Å². The van der Waals surface area contributed by atoms with Gasteiger partial charge in [0.05, 0.1) is 0 Å². The molecule has 0 fully saturated rings. The summed E-state index contributed by atoms with van der Waals surface area (Å²) in [7, 11) is 1.56. The van der Waals surface area contributed by atoms with E-state index in [1.54, 1.807) is 25.2 Å². The van der Waals surface area contributed by atoms with Gasteiger partial charge >= 0.3 is 0 Å². The number of benzene rings is 1. The topological polar surface area (TPSA) is 52.9 Å². The van der Waals surface area contributed by atoms with Gasteiger partial charge in [0.25, 0.3) is 5.91 Å². The van der Waals surface area contributed by atoms with E-state index in [0.29, 0.717) is 10.6 Å². The molecule has 1 rings (SSSR count). The Balaban J connectivity index is 0.00000169. The fourth-order valence-electron chi connectivity index (χ4n) is 1.03. The fraction of sp³-hybridized carbons (Fsp3) is 0.222. The van der Waals surface area contributed by atoms with Gasteiger partial charge in [0, 0.05) is 34.1 Å².